The van der Waals surface area contributed by atoms with Gasteiger partial charge in [-0.1, -0.05) is 35.9 Å². The van der Waals surface area contributed by atoms with E-state index in [0.29, 0.717) is 6.54 Å². The van der Waals surface area contributed by atoms with Crippen molar-refractivity contribution < 1.29 is 14.4 Å². The van der Waals surface area contributed by atoms with Crippen LogP contribution in [0.25, 0.3) is 17.0 Å². The molecule has 0 bridgehead atoms. The lowest BCUT2D eigenvalue weighted by Crippen LogP contribution is -2.30. The van der Waals surface area contributed by atoms with Gasteiger partial charge in [0.05, 0.1) is 0 Å². The number of carbonyl (C=O) groups is 3. The lowest BCUT2D eigenvalue weighted by Gasteiger charge is -2.07. The van der Waals surface area contributed by atoms with Crippen LogP contribution >= 0.6 is 0 Å². The second-order valence-corrected chi connectivity index (χ2v) is 7.18. The highest BCUT2D eigenvalue weighted by Gasteiger charge is 2.32. The highest BCUT2D eigenvalue weighted by Crippen LogP contribution is 2.25. The Bertz CT molecular complexity index is 1170. The number of hydrogen-bond donors (Lipinski definition) is 2. The molecule has 0 radical (unpaired) electrons. The van der Waals surface area contributed by atoms with Crippen LogP contribution in [0.5, 0.6) is 0 Å². The van der Waals surface area contributed by atoms with Crippen LogP contribution in [0.3, 0.4) is 0 Å². The highest BCUT2D eigenvalue weighted by molar-refractivity contribution is 6.14. The van der Waals surface area contributed by atoms with Crippen molar-refractivity contribution in [3.05, 3.63) is 71.6 Å². The number of benzene rings is 2. The number of amides is 4. The molecule has 30 heavy (non-hydrogen) atoms. The number of nitrogens with one attached hydrogen (secondary N) is 2. The standard InChI is InChI=1S/C23H22N4O3/c1-3-27-22(29)19(25-23(27)30)12-16-13-26(20-7-5-4-6-18(16)20)14-21(28)24-17-10-8-15(2)9-11-17/h4-13H,3,14H2,1-2H3,(H,24,28)(H,25,30). The molecule has 2 heterocycles. The van der Waals surface area contributed by atoms with Crippen molar-refractivity contribution in [2.75, 3.05) is 11.9 Å². The summed E-state index contributed by atoms with van der Waals surface area (Å²) in [7, 11) is 0. The molecule has 0 atom stereocenters. The first-order chi connectivity index (χ1) is 14.5. The van der Waals surface area contributed by atoms with Crippen molar-refractivity contribution in [1.29, 1.82) is 0 Å². The fraction of sp³-hybridized carbons (Fsp3) is 0.174. The highest BCUT2D eigenvalue weighted by atomic mass is 16.2. The Morgan fingerprint density at radius 3 is 2.53 bits per heavy atom. The van der Waals surface area contributed by atoms with E-state index in [1.807, 2.05) is 66.2 Å². The summed E-state index contributed by atoms with van der Waals surface area (Å²) in [6.07, 6.45) is 3.48. The number of para-hydroxylation sites is 1. The zero-order chi connectivity index (χ0) is 21.3. The summed E-state index contributed by atoms with van der Waals surface area (Å²) in [4.78, 5) is 38.1. The van der Waals surface area contributed by atoms with Crippen molar-refractivity contribution in [2.45, 2.75) is 20.4 Å². The van der Waals surface area contributed by atoms with Crippen molar-refractivity contribution in [3.8, 4) is 0 Å². The van der Waals surface area contributed by atoms with Crippen molar-refractivity contribution in [2.24, 2.45) is 0 Å². The van der Waals surface area contributed by atoms with Gasteiger partial charge in [0.2, 0.25) is 5.91 Å². The molecule has 4 rings (SSSR count). The van der Waals surface area contributed by atoms with E-state index in [4.69, 9.17) is 0 Å². The van der Waals surface area contributed by atoms with Gasteiger partial charge < -0.3 is 15.2 Å². The molecule has 152 valence electrons. The number of hydrogen-bond acceptors (Lipinski definition) is 3. The topological polar surface area (TPSA) is 83.4 Å². The molecular formula is C23H22N4O3. The van der Waals surface area contributed by atoms with Gasteiger partial charge in [-0.3, -0.25) is 14.5 Å². The molecule has 0 spiro atoms. The van der Waals surface area contributed by atoms with E-state index in [1.54, 1.807) is 13.0 Å². The van der Waals surface area contributed by atoms with Gasteiger partial charge in [0.15, 0.2) is 0 Å². The Kier molecular flexibility index (Phi) is 5.10. The zero-order valence-electron chi connectivity index (χ0n) is 16.8. The first kappa shape index (κ1) is 19.4. The lowest BCUT2D eigenvalue weighted by molar-refractivity contribution is -0.122. The molecule has 1 aromatic heterocycles. The average molecular weight is 402 g/mol. The van der Waals surface area contributed by atoms with Gasteiger partial charge >= 0.3 is 6.03 Å². The normalized spacial score (nSPS) is 15.1. The fourth-order valence-corrected chi connectivity index (χ4v) is 3.53. The summed E-state index contributed by atoms with van der Waals surface area (Å²) in [5, 5.41) is 6.41. The molecule has 3 aromatic rings. The molecule has 1 aliphatic heterocycles. The number of carbonyl (C=O) groups excluding carboxylic acids is 3. The lowest BCUT2D eigenvalue weighted by atomic mass is 10.1. The van der Waals surface area contributed by atoms with Crippen LogP contribution < -0.4 is 10.6 Å². The molecular weight excluding hydrogens is 380 g/mol. The molecule has 1 saturated heterocycles. The largest absolute Gasteiger partial charge is 0.337 e. The summed E-state index contributed by atoms with van der Waals surface area (Å²) < 4.78 is 1.84. The molecule has 1 fully saturated rings. The van der Waals surface area contributed by atoms with Crippen LogP contribution in [0, 0.1) is 6.92 Å². The van der Waals surface area contributed by atoms with Gasteiger partial charge in [0.1, 0.15) is 12.2 Å². The number of likely N-dealkylation sites (N-methyl/N-ethyl adjacent to an activating group) is 1. The Hall–Kier alpha value is -3.87. The minimum absolute atomic E-state index is 0.124. The van der Waals surface area contributed by atoms with Gasteiger partial charge in [-0.15, -0.1) is 0 Å². The monoisotopic (exact) mass is 402 g/mol. The third kappa shape index (κ3) is 3.69. The molecule has 2 N–H and O–H groups in total. The summed E-state index contributed by atoms with van der Waals surface area (Å²) in [5.41, 5.74) is 3.72. The second kappa shape index (κ2) is 7.87. The quantitative estimate of drug-likeness (QED) is 0.506. The summed E-state index contributed by atoms with van der Waals surface area (Å²) in [6.45, 7) is 4.17. The fourth-order valence-electron chi connectivity index (χ4n) is 3.53. The minimum atomic E-state index is -0.421. The van der Waals surface area contributed by atoms with E-state index < -0.39 is 6.03 Å². The molecule has 0 aliphatic carbocycles. The van der Waals surface area contributed by atoms with E-state index >= 15 is 0 Å². The molecule has 7 nitrogen and oxygen atoms in total. The Labute approximate surface area is 174 Å². The minimum Gasteiger partial charge on any atom is -0.337 e. The van der Waals surface area contributed by atoms with E-state index in [1.165, 1.54) is 0 Å². The van der Waals surface area contributed by atoms with Crippen molar-refractivity contribution in [1.82, 2.24) is 14.8 Å². The predicted octanol–water partition coefficient (Wildman–Crippen LogP) is 3.50. The maximum absolute atomic E-state index is 12.6. The van der Waals surface area contributed by atoms with Crippen molar-refractivity contribution >= 4 is 40.5 Å². The van der Waals surface area contributed by atoms with E-state index in [9.17, 15) is 14.4 Å². The maximum Gasteiger partial charge on any atom is 0.328 e. The molecule has 1 aliphatic rings. The number of anilines is 1. The van der Waals surface area contributed by atoms with Gasteiger partial charge in [-0.25, -0.2) is 4.79 Å². The maximum atomic E-state index is 12.6. The molecule has 2 aromatic carbocycles. The van der Waals surface area contributed by atoms with Gasteiger partial charge in [0.25, 0.3) is 5.91 Å². The van der Waals surface area contributed by atoms with Crippen LogP contribution in [0.15, 0.2) is 60.4 Å². The Morgan fingerprint density at radius 2 is 1.83 bits per heavy atom. The predicted molar refractivity (Wildman–Crippen MR) is 116 cm³/mol. The number of nitrogens with zero attached hydrogens (tertiary/aromatic N) is 2. The Balaban J connectivity index is 1.62. The van der Waals surface area contributed by atoms with Gasteiger partial charge in [-0.05, 0) is 38.1 Å². The van der Waals surface area contributed by atoms with E-state index in [-0.39, 0.29) is 24.1 Å². The van der Waals surface area contributed by atoms with Crippen LogP contribution in [-0.4, -0.2) is 33.9 Å². The van der Waals surface area contributed by atoms with Gasteiger partial charge in [-0.2, -0.15) is 0 Å². The summed E-state index contributed by atoms with van der Waals surface area (Å²) in [6, 6.07) is 14.8. The summed E-state index contributed by atoms with van der Waals surface area (Å²) in [5.74, 6) is -0.502. The van der Waals surface area contributed by atoms with Crippen LogP contribution in [-0.2, 0) is 16.1 Å². The average Bonchev–Trinajstić information content (AvgIpc) is 3.20. The zero-order valence-corrected chi connectivity index (χ0v) is 16.8. The van der Waals surface area contributed by atoms with E-state index in [0.717, 1.165) is 32.6 Å². The molecule has 4 amide bonds. The number of rotatable bonds is 5. The summed E-state index contributed by atoms with van der Waals surface area (Å²) >= 11 is 0. The molecule has 0 unspecified atom stereocenters. The Morgan fingerprint density at radius 1 is 1.10 bits per heavy atom. The first-order valence-corrected chi connectivity index (χ1v) is 9.75. The molecule has 7 heteroatoms. The van der Waals surface area contributed by atoms with Crippen LogP contribution in [0.2, 0.25) is 0 Å². The third-order valence-electron chi connectivity index (χ3n) is 5.05. The van der Waals surface area contributed by atoms with Crippen LogP contribution in [0.1, 0.15) is 18.1 Å². The van der Waals surface area contributed by atoms with Gasteiger partial charge in [0, 0.05) is 34.9 Å². The number of imide groups is 1. The number of aromatic nitrogens is 1. The number of aryl methyl sites for hydroxylation is 1. The first-order valence-electron chi connectivity index (χ1n) is 9.75. The number of fused-ring (bicyclic) bond motifs is 1. The second-order valence-electron chi connectivity index (χ2n) is 7.18. The number of urea groups is 1. The van der Waals surface area contributed by atoms with E-state index in [2.05, 4.69) is 10.6 Å². The molecule has 0 saturated carbocycles. The smallest absolute Gasteiger partial charge is 0.328 e. The van der Waals surface area contributed by atoms with Crippen LogP contribution in [0.4, 0.5) is 10.5 Å². The third-order valence-corrected chi connectivity index (χ3v) is 5.05. The SMILES string of the molecule is CCN1C(=O)NC(=Cc2cn(CC(=O)Nc3ccc(C)cc3)c3ccccc23)C1=O. The van der Waals surface area contributed by atoms with Crippen molar-refractivity contribution in [3.63, 3.8) is 0 Å².